The van der Waals surface area contributed by atoms with Crippen LogP contribution in [-0.4, -0.2) is 16.6 Å². The van der Waals surface area contributed by atoms with Gasteiger partial charge >= 0.3 is 0 Å². The number of anilines is 3. The summed E-state index contributed by atoms with van der Waals surface area (Å²) in [5.41, 5.74) is 5.38. The number of fused-ring (bicyclic) bond motifs is 1. The maximum Gasteiger partial charge on any atom is 0.277 e. The number of aromatic amines is 1. The number of hydrogen-bond donors (Lipinski definition) is 4. The zero-order valence-corrected chi connectivity index (χ0v) is 6.16. The zero-order chi connectivity index (χ0) is 8.72. The van der Waals surface area contributed by atoms with Crippen molar-refractivity contribution in [2.75, 3.05) is 22.7 Å². The molecule has 0 bridgehead atoms. The predicted molar refractivity (Wildman–Crippen MR) is 44.4 cm³/mol. The Morgan fingerprint density at radius 3 is 3.08 bits per heavy atom. The third-order valence-electron chi connectivity index (χ3n) is 1.62. The molecule has 0 radical (unpaired) electrons. The van der Waals surface area contributed by atoms with Crippen LogP contribution in [0.15, 0.2) is 4.79 Å². The van der Waals surface area contributed by atoms with Gasteiger partial charge in [-0.05, 0) is 0 Å². The third kappa shape index (κ3) is 0.800. The molecule has 0 saturated heterocycles. The SMILES string of the molecule is Nc1nc2c(c(=O)[nH]1)NCN2N. The summed E-state index contributed by atoms with van der Waals surface area (Å²) in [5, 5.41) is 4.10. The monoisotopic (exact) mass is 168 g/mol. The molecule has 0 aromatic carbocycles. The molecule has 0 fully saturated rings. The van der Waals surface area contributed by atoms with Crippen LogP contribution in [0.1, 0.15) is 0 Å². The molecule has 12 heavy (non-hydrogen) atoms. The molecule has 0 amide bonds. The smallest absolute Gasteiger partial charge is 0.277 e. The minimum absolute atomic E-state index is 0.0675. The number of nitrogens with zero attached hydrogens (tertiary/aromatic N) is 2. The van der Waals surface area contributed by atoms with Gasteiger partial charge in [-0.25, -0.2) is 5.84 Å². The van der Waals surface area contributed by atoms with E-state index in [1.165, 1.54) is 5.01 Å². The van der Waals surface area contributed by atoms with E-state index in [1.807, 2.05) is 0 Å². The lowest BCUT2D eigenvalue weighted by molar-refractivity contribution is 0.922. The molecule has 1 aliphatic rings. The standard InChI is InChI=1S/C5H8N6O/c6-5-9-3-2(4(12)10-5)8-1-11(3)7/h8H,1,7H2,(H3,6,9,10,12). The molecule has 0 saturated carbocycles. The van der Waals surface area contributed by atoms with Gasteiger partial charge in [0, 0.05) is 0 Å². The second-order valence-electron chi connectivity index (χ2n) is 2.45. The number of nitrogens with one attached hydrogen (secondary N) is 2. The van der Waals surface area contributed by atoms with Crippen LogP contribution in [0.4, 0.5) is 17.5 Å². The van der Waals surface area contributed by atoms with Crippen molar-refractivity contribution in [2.24, 2.45) is 5.84 Å². The molecule has 6 N–H and O–H groups in total. The number of nitrogen functional groups attached to an aromatic ring is 1. The van der Waals surface area contributed by atoms with Gasteiger partial charge in [0.05, 0.1) is 0 Å². The van der Waals surface area contributed by atoms with Crippen molar-refractivity contribution in [3.05, 3.63) is 10.4 Å². The highest BCUT2D eigenvalue weighted by Gasteiger charge is 2.20. The maximum absolute atomic E-state index is 11.2. The molecule has 0 spiro atoms. The summed E-state index contributed by atoms with van der Waals surface area (Å²) < 4.78 is 0. The van der Waals surface area contributed by atoms with E-state index in [0.717, 1.165) is 0 Å². The topological polar surface area (TPSA) is 113 Å². The molecule has 0 atom stereocenters. The summed E-state index contributed by atoms with van der Waals surface area (Å²) in [6, 6.07) is 0. The number of nitrogens with two attached hydrogens (primary N) is 2. The highest BCUT2D eigenvalue weighted by molar-refractivity contribution is 5.69. The number of rotatable bonds is 0. The lowest BCUT2D eigenvalue weighted by Gasteiger charge is -2.07. The first-order valence-corrected chi connectivity index (χ1v) is 3.34. The fourth-order valence-corrected chi connectivity index (χ4v) is 1.08. The maximum atomic E-state index is 11.2. The Kier molecular flexibility index (Phi) is 1.22. The van der Waals surface area contributed by atoms with Crippen LogP contribution in [0.5, 0.6) is 0 Å². The second kappa shape index (κ2) is 2.11. The van der Waals surface area contributed by atoms with Gasteiger partial charge in [0.25, 0.3) is 5.56 Å². The van der Waals surface area contributed by atoms with Crippen LogP contribution in [0.2, 0.25) is 0 Å². The summed E-state index contributed by atoms with van der Waals surface area (Å²) in [4.78, 5) is 17.4. The van der Waals surface area contributed by atoms with E-state index in [-0.39, 0.29) is 11.5 Å². The molecule has 2 rings (SSSR count). The van der Waals surface area contributed by atoms with Crippen molar-refractivity contribution in [1.29, 1.82) is 0 Å². The molecular weight excluding hydrogens is 160 g/mol. The molecule has 0 unspecified atom stereocenters. The highest BCUT2D eigenvalue weighted by Crippen LogP contribution is 2.21. The van der Waals surface area contributed by atoms with Gasteiger partial charge in [-0.15, -0.1) is 0 Å². The summed E-state index contributed by atoms with van der Waals surface area (Å²) in [5.74, 6) is 5.94. The van der Waals surface area contributed by atoms with Gasteiger partial charge < -0.3 is 11.1 Å². The van der Waals surface area contributed by atoms with Crippen LogP contribution in [0, 0.1) is 0 Å². The predicted octanol–water partition coefficient (Wildman–Crippen LogP) is -1.58. The van der Waals surface area contributed by atoms with E-state index in [1.54, 1.807) is 0 Å². The highest BCUT2D eigenvalue weighted by atomic mass is 16.1. The Morgan fingerprint density at radius 1 is 1.58 bits per heavy atom. The number of aromatic nitrogens is 2. The van der Waals surface area contributed by atoms with Crippen LogP contribution < -0.4 is 27.5 Å². The van der Waals surface area contributed by atoms with Gasteiger partial charge in [-0.1, -0.05) is 0 Å². The Morgan fingerprint density at radius 2 is 2.33 bits per heavy atom. The molecule has 1 aromatic heterocycles. The average Bonchev–Trinajstić information content (AvgIpc) is 2.33. The van der Waals surface area contributed by atoms with Crippen LogP contribution in [-0.2, 0) is 0 Å². The fourth-order valence-electron chi connectivity index (χ4n) is 1.08. The van der Waals surface area contributed by atoms with E-state index >= 15 is 0 Å². The first-order chi connectivity index (χ1) is 5.68. The molecular formula is C5H8N6O. The van der Waals surface area contributed by atoms with E-state index in [0.29, 0.717) is 18.2 Å². The molecule has 64 valence electrons. The Hall–Kier alpha value is -1.76. The fraction of sp³-hybridized carbons (Fsp3) is 0.200. The first-order valence-electron chi connectivity index (χ1n) is 3.34. The third-order valence-corrected chi connectivity index (χ3v) is 1.62. The molecule has 1 aromatic rings. The van der Waals surface area contributed by atoms with E-state index in [9.17, 15) is 4.79 Å². The Labute approximate surface area is 67.4 Å². The van der Waals surface area contributed by atoms with E-state index in [2.05, 4.69) is 15.3 Å². The molecule has 7 heteroatoms. The summed E-state index contributed by atoms with van der Waals surface area (Å²) in [6.45, 7) is 0.370. The van der Waals surface area contributed by atoms with E-state index in [4.69, 9.17) is 11.6 Å². The van der Waals surface area contributed by atoms with Crippen LogP contribution >= 0.6 is 0 Å². The Bertz CT molecular complexity index is 371. The van der Waals surface area contributed by atoms with Gasteiger partial charge in [-0.2, -0.15) is 4.98 Å². The summed E-state index contributed by atoms with van der Waals surface area (Å²) >= 11 is 0. The number of H-pyrrole nitrogens is 1. The lowest BCUT2D eigenvalue weighted by atomic mass is 10.5. The van der Waals surface area contributed by atoms with Gasteiger partial charge in [0.15, 0.2) is 5.82 Å². The van der Waals surface area contributed by atoms with Gasteiger partial charge in [-0.3, -0.25) is 14.8 Å². The van der Waals surface area contributed by atoms with E-state index < -0.39 is 0 Å². The van der Waals surface area contributed by atoms with Crippen molar-refractivity contribution >= 4 is 17.5 Å². The minimum atomic E-state index is -0.301. The normalized spacial score (nSPS) is 14.2. The van der Waals surface area contributed by atoms with Crippen molar-refractivity contribution in [2.45, 2.75) is 0 Å². The van der Waals surface area contributed by atoms with Crippen molar-refractivity contribution < 1.29 is 0 Å². The first kappa shape index (κ1) is 6.92. The number of hydrogen-bond acceptors (Lipinski definition) is 6. The van der Waals surface area contributed by atoms with Gasteiger partial charge in [0.2, 0.25) is 5.95 Å². The van der Waals surface area contributed by atoms with Crippen LogP contribution in [0.3, 0.4) is 0 Å². The van der Waals surface area contributed by atoms with Crippen molar-refractivity contribution in [1.82, 2.24) is 9.97 Å². The minimum Gasteiger partial charge on any atom is -0.369 e. The Balaban J connectivity index is 2.68. The van der Waals surface area contributed by atoms with Crippen molar-refractivity contribution in [3.8, 4) is 0 Å². The summed E-state index contributed by atoms with van der Waals surface area (Å²) in [6.07, 6.45) is 0. The van der Waals surface area contributed by atoms with Gasteiger partial charge in [0.1, 0.15) is 12.4 Å². The largest absolute Gasteiger partial charge is 0.369 e. The molecule has 7 nitrogen and oxygen atoms in total. The second-order valence-corrected chi connectivity index (χ2v) is 2.45. The zero-order valence-electron chi connectivity index (χ0n) is 6.16. The molecule has 1 aliphatic heterocycles. The quantitative estimate of drug-likeness (QED) is 0.347. The van der Waals surface area contributed by atoms with Crippen LogP contribution in [0.25, 0.3) is 0 Å². The average molecular weight is 168 g/mol. The molecule has 2 heterocycles. The number of hydrazine groups is 1. The lowest BCUT2D eigenvalue weighted by Crippen LogP contribution is -2.30. The summed E-state index contributed by atoms with van der Waals surface area (Å²) in [7, 11) is 0. The van der Waals surface area contributed by atoms with Crippen molar-refractivity contribution in [3.63, 3.8) is 0 Å². The molecule has 0 aliphatic carbocycles.